The fraction of sp³-hybridized carbons (Fsp3) is 1.00. The Kier molecular flexibility index (Phi) is 4.87. The molecule has 1 nitrogen and oxygen atoms in total. The van der Waals surface area contributed by atoms with Gasteiger partial charge in [0, 0.05) is 6.10 Å². The lowest BCUT2D eigenvalue weighted by Crippen LogP contribution is -2.46. The monoisotopic (exact) mass is 244 g/mol. The van der Waals surface area contributed by atoms with Crippen molar-refractivity contribution >= 4 is 8.32 Å². The molecule has 0 aliphatic heterocycles. The highest BCUT2D eigenvalue weighted by atomic mass is 28.4. The minimum atomic E-state index is -1.61. The Bertz CT molecular complexity index is 220. The van der Waals surface area contributed by atoms with Crippen LogP contribution in [0.4, 0.5) is 0 Å². The molecule has 2 unspecified atom stereocenters. The molecule has 0 aromatic rings. The molecule has 2 atom stereocenters. The third-order valence-electron chi connectivity index (χ3n) is 4.36. The van der Waals surface area contributed by atoms with Crippen molar-refractivity contribution in [1.29, 1.82) is 0 Å². The summed E-state index contributed by atoms with van der Waals surface area (Å²) in [6.45, 7) is 23.0. The molecule has 0 amide bonds. The predicted molar refractivity (Wildman–Crippen MR) is 76.4 cm³/mol. The van der Waals surface area contributed by atoms with Gasteiger partial charge in [-0.2, -0.15) is 0 Å². The molecule has 0 N–H and O–H groups in total. The summed E-state index contributed by atoms with van der Waals surface area (Å²) in [5.74, 6) is 0.585. The van der Waals surface area contributed by atoms with Crippen molar-refractivity contribution in [2.24, 2.45) is 11.3 Å². The summed E-state index contributed by atoms with van der Waals surface area (Å²) >= 11 is 0. The summed E-state index contributed by atoms with van der Waals surface area (Å²) in [5, 5.41) is 0.304. The van der Waals surface area contributed by atoms with Crippen LogP contribution in [0.2, 0.25) is 18.1 Å². The molecule has 0 aromatic carbocycles. The van der Waals surface area contributed by atoms with E-state index in [-0.39, 0.29) is 0 Å². The van der Waals surface area contributed by atoms with Crippen LogP contribution in [0.15, 0.2) is 0 Å². The predicted octanol–water partition coefficient (Wildman–Crippen LogP) is 5.08. The SMILES string of the molecule is CC(O[Si](C)(C)C(C)(C)C)C(C)C(C)(C)C. The van der Waals surface area contributed by atoms with E-state index in [1.807, 2.05) is 0 Å². The van der Waals surface area contributed by atoms with E-state index in [0.717, 1.165) is 0 Å². The minimum absolute atomic E-state index is 0.304. The molecule has 0 radical (unpaired) electrons. The van der Waals surface area contributed by atoms with Crippen LogP contribution in [0.1, 0.15) is 55.4 Å². The van der Waals surface area contributed by atoms with Gasteiger partial charge in [0.1, 0.15) is 0 Å². The maximum absolute atomic E-state index is 6.43. The Morgan fingerprint density at radius 3 is 1.50 bits per heavy atom. The fourth-order valence-electron chi connectivity index (χ4n) is 1.45. The second-order valence-corrected chi connectivity index (χ2v) is 12.5. The number of hydrogen-bond acceptors (Lipinski definition) is 1. The van der Waals surface area contributed by atoms with Crippen molar-refractivity contribution < 1.29 is 4.43 Å². The van der Waals surface area contributed by atoms with Crippen LogP contribution >= 0.6 is 0 Å². The standard InChI is InChI=1S/C14H32OSi/c1-11(13(3,4)5)12(2)15-16(9,10)14(6,7)8/h11-12H,1-10H3. The van der Waals surface area contributed by atoms with Crippen molar-refractivity contribution in [2.75, 3.05) is 0 Å². The van der Waals surface area contributed by atoms with Crippen LogP contribution < -0.4 is 0 Å². The highest BCUT2D eigenvalue weighted by molar-refractivity contribution is 6.74. The fourth-order valence-corrected chi connectivity index (χ4v) is 2.93. The van der Waals surface area contributed by atoms with Crippen molar-refractivity contribution in [2.45, 2.75) is 79.6 Å². The van der Waals surface area contributed by atoms with E-state index < -0.39 is 8.32 Å². The zero-order chi connectivity index (χ0) is 13.4. The second kappa shape index (κ2) is 4.81. The van der Waals surface area contributed by atoms with Gasteiger partial charge in [-0.1, -0.05) is 48.5 Å². The largest absolute Gasteiger partial charge is 0.414 e. The molecular formula is C14H32OSi. The molecule has 0 aliphatic rings. The van der Waals surface area contributed by atoms with Crippen molar-refractivity contribution in [3.8, 4) is 0 Å². The zero-order valence-corrected chi connectivity index (χ0v) is 14.1. The molecule has 0 spiro atoms. The van der Waals surface area contributed by atoms with Gasteiger partial charge in [0.25, 0.3) is 0 Å². The molecule has 0 fully saturated rings. The Hall–Kier alpha value is 0.177. The van der Waals surface area contributed by atoms with Crippen molar-refractivity contribution in [3.05, 3.63) is 0 Å². The van der Waals surface area contributed by atoms with Crippen LogP contribution in [-0.2, 0) is 4.43 Å². The summed E-state index contributed by atoms with van der Waals surface area (Å²) in [5.41, 5.74) is 0.321. The van der Waals surface area contributed by atoms with Gasteiger partial charge in [-0.05, 0) is 36.4 Å². The first-order valence-electron chi connectivity index (χ1n) is 6.47. The van der Waals surface area contributed by atoms with Gasteiger partial charge in [-0.15, -0.1) is 0 Å². The Morgan fingerprint density at radius 1 is 0.875 bits per heavy atom. The third kappa shape index (κ3) is 4.21. The lowest BCUT2D eigenvalue weighted by molar-refractivity contribution is 0.0764. The molecular weight excluding hydrogens is 212 g/mol. The summed E-state index contributed by atoms with van der Waals surface area (Å²) < 4.78 is 6.43. The molecule has 0 aromatic heterocycles. The summed E-state index contributed by atoms with van der Waals surface area (Å²) in [4.78, 5) is 0. The van der Waals surface area contributed by atoms with Crippen LogP contribution in [0.25, 0.3) is 0 Å². The van der Waals surface area contributed by atoms with Crippen LogP contribution in [-0.4, -0.2) is 14.4 Å². The summed E-state index contributed by atoms with van der Waals surface area (Å²) in [6, 6.07) is 0. The van der Waals surface area contributed by atoms with E-state index in [1.54, 1.807) is 0 Å². The summed E-state index contributed by atoms with van der Waals surface area (Å²) in [7, 11) is -1.61. The first-order valence-corrected chi connectivity index (χ1v) is 9.37. The number of rotatable bonds is 3. The summed E-state index contributed by atoms with van der Waals surface area (Å²) in [6.07, 6.45) is 0.348. The maximum Gasteiger partial charge on any atom is 0.192 e. The molecule has 0 saturated carbocycles. The van der Waals surface area contributed by atoms with Gasteiger partial charge >= 0.3 is 0 Å². The van der Waals surface area contributed by atoms with Crippen molar-refractivity contribution in [3.63, 3.8) is 0 Å². The molecule has 0 saturated heterocycles. The van der Waals surface area contributed by atoms with Crippen LogP contribution in [0.3, 0.4) is 0 Å². The molecule has 0 rings (SSSR count). The zero-order valence-electron chi connectivity index (χ0n) is 13.1. The van der Waals surface area contributed by atoms with Crippen LogP contribution in [0.5, 0.6) is 0 Å². The molecule has 0 aliphatic carbocycles. The lowest BCUT2D eigenvalue weighted by atomic mass is 9.79. The quantitative estimate of drug-likeness (QED) is 0.629. The highest BCUT2D eigenvalue weighted by Crippen LogP contribution is 2.39. The van der Waals surface area contributed by atoms with E-state index >= 15 is 0 Å². The Balaban J connectivity index is 4.64. The minimum Gasteiger partial charge on any atom is -0.414 e. The molecule has 16 heavy (non-hydrogen) atoms. The number of hydrogen-bond donors (Lipinski definition) is 0. The van der Waals surface area contributed by atoms with E-state index in [4.69, 9.17) is 4.43 Å². The van der Waals surface area contributed by atoms with Gasteiger partial charge in [0.2, 0.25) is 0 Å². The lowest BCUT2D eigenvalue weighted by Gasteiger charge is -2.42. The van der Waals surface area contributed by atoms with Gasteiger partial charge in [0.15, 0.2) is 8.32 Å². The Morgan fingerprint density at radius 2 is 1.25 bits per heavy atom. The molecule has 98 valence electrons. The van der Waals surface area contributed by atoms with Gasteiger partial charge in [-0.3, -0.25) is 0 Å². The van der Waals surface area contributed by atoms with E-state index in [0.29, 0.717) is 22.5 Å². The van der Waals surface area contributed by atoms with Gasteiger partial charge in [-0.25, -0.2) is 0 Å². The first kappa shape index (κ1) is 16.2. The van der Waals surface area contributed by atoms with E-state index in [2.05, 4.69) is 68.5 Å². The molecule has 0 heterocycles. The first-order chi connectivity index (χ1) is 6.79. The van der Waals surface area contributed by atoms with Crippen LogP contribution in [0, 0.1) is 11.3 Å². The third-order valence-corrected chi connectivity index (χ3v) is 8.93. The smallest absolute Gasteiger partial charge is 0.192 e. The van der Waals surface area contributed by atoms with Gasteiger partial charge < -0.3 is 4.43 Å². The second-order valence-electron chi connectivity index (χ2n) is 7.74. The molecule has 2 heteroatoms. The highest BCUT2D eigenvalue weighted by Gasteiger charge is 2.40. The topological polar surface area (TPSA) is 9.23 Å². The maximum atomic E-state index is 6.43. The van der Waals surface area contributed by atoms with Crippen molar-refractivity contribution in [1.82, 2.24) is 0 Å². The van der Waals surface area contributed by atoms with E-state index in [1.165, 1.54) is 0 Å². The average Bonchev–Trinajstić information content (AvgIpc) is 1.97. The Labute approximate surface area is 104 Å². The normalized spacial score (nSPS) is 18.4. The van der Waals surface area contributed by atoms with Gasteiger partial charge in [0.05, 0.1) is 0 Å². The van der Waals surface area contributed by atoms with E-state index in [9.17, 15) is 0 Å². The average molecular weight is 244 g/mol. The molecule has 0 bridgehead atoms.